The summed E-state index contributed by atoms with van der Waals surface area (Å²) in [4.78, 5) is 23.5. The van der Waals surface area contributed by atoms with Crippen LogP contribution in [0.2, 0.25) is 0 Å². The van der Waals surface area contributed by atoms with E-state index < -0.39 is 11.4 Å². The largest absolute Gasteiger partial charge is 0.480 e. The molecule has 0 radical (unpaired) electrons. The van der Waals surface area contributed by atoms with Gasteiger partial charge in [-0.15, -0.1) is 0 Å². The fourth-order valence-corrected chi connectivity index (χ4v) is 3.13. The Morgan fingerprint density at radius 1 is 1.13 bits per heavy atom. The molecular weight excluding hydrogens is 192 g/mol. The second-order valence-corrected chi connectivity index (χ2v) is 4.94. The SMILES string of the molecule is O=C(O)C12CCCCCC(CCC1)C2=O. The molecule has 1 N–H and O–H groups in total. The van der Waals surface area contributed by atoms with Crippen LogP contribution in [0.15, 0.2) is 0 Å². The molecule has 2 fully saturated rings. The van der Waals surface area contributed by atoms with Crippen molar-refractivity contribution < 1.29 is 14.7 Å². The van der Waals surface area contributed by atoms with Crippen molar-refractivity contribution in [3.63, 3.8) is 0 Å². The van der Waals surface area contributed by atoms with Gasteiger partial charge in [0, 0.05) is 5.92 Å². The van der Waals surface area contributed by atoms with Gasteiger partial charge in [0.15, 0.2) is 5.78 Å². The molecule has 2 atom stereocenters. The average Bonchev–Trinajstić information content (AvgIpc) is 2.22. The highest BCUT2D eigenvalue weighted by molar-refractivity contribution is 6.04. The van der Waals surface area contributed by atoms with Crippen LogP contribution in [0.3, 0.4) is 0 Å². The number of Topliss-reactive ketones (excluding diaryl/α,β-unsaturated/α-hetero) is 1. The lowest BCUT2D eigenvalue weighted by molar-refractivity contribution is -0.160. The van der Waals surface area contributed by atoms with Crippen LogP contribution >= 0.6 is 0 Å². The molecule has 3 nitrogen and oxygen atoms in total. The van der Waals surface area contributed by atoms with Crippen molar-refractivity contribution in [3.05, 3.63) is 0 Å². The van der Waals surface area contributed by atoms with Crippen molar-refractivity contribution in [1.29, 1.82) is 0 Å². The Morgan fingerprint density at radius 3 is 2.53 bits per heavy atom. The number of carbonyl (C=O) groups excluding carboxylic acids is 1. The molecular formula is C12H18O3. The van der Waals surface area contributed by atoms with Crippen LogP contribution in [-0.4, -0.2) is 16.9 Å². The maximum Gasteiger partial charge on any atom is 0.317 e. The Kier molecular flexibility index (Phi) is 2.81. The normalized spacial score (nSPS) is 36.8. The third-order valence-electron chi connectivity index (χ3n) is 4.06. The molecule has 84 valence electrons. The van der Waals surface area contributed by atoms with Crippen LogP contribution < -0.4 is 0 Å². The summed E-state index contributed by atoms with van der Waals surface area (Å²) in [7, 11) is 0. The molecule has 0 saturated heterocycles. The van der Waals surface area contributed by atoms with Gasteiger partial charge < -0.3 is 5.11 Å². The summed E-state index contributed by atoms with van der Waals surface area (Å²) < 4.78 is 0. The second kappa shape index (κ2) is 3.95. The number of aliphatic carboxylic acids is 1. The number of ketones is 1. The third kappa shape index (κ3) is 1.68. The average molecular weight is 210 g/mol. The summed E-state index contributed by atoms with van der Waals surface area (Å²) in [5.41, 5.74) is -1.01. The van der Waals surface area contributed by atoms with E-state index in [2.05, 4.69) is 0 Å². The first-order valence-electron chi connectivity index (χ1n) is 5.94. The van der Waals surface area contributed by atoms with E-state index in [1.807, 2.05) is 0 Å². The zero-order chi connectivity index (χ0) is 10.9. The Morgan fingerprint density at radius 2 is 1.80 bits per heavy atom. The summed E-state index contributed by atoms with van der Waals surface area (Å²) in [5, 5.41) is 9.31. The van der Waals surface area contributed by atoms with Crippen molar-refractivity contribution >= 4 is 11.8 Å². The highest BCUT2D eigenvalue weighted by atomic mass is 16.4. The molecule has 2 aliphatic carbocycles. The van der Waals surface area contributed by atoms with Gasteiger partial charge in [-0.25, -0.2) is 0 Å². The monoisotopic (exact) mass is 210 g/mol. The van der Waals surface area contributed by atoms with Gasteiger partial charge in [0.2, 0.25) is 0 Å². The van der Waals surface area contributed by atoms with Crippen LogP contribution in [0.1, 0.15) is 51.4 Å². The third-order valence-corrected chi connectivity index (χ3v) is 4.06. The molecule has 2 aliphatic rings. The Balaban J connectivity index is 2.30. The van der Waals surface area contributed by atoms with Gasteiger partial charge in [0.1, 0.15) is 5.41 Å². The molecule has 0 aromatic rings. The molecule has 15 heavy (non-hydrogen) atoms. The Hall–Kier alpha value is -0.860. The van der Waals surface area contributed by atoms with Crippen molar-refractivity contribution in [2.24, 2.45) is 11.3 Å². The molecule has 0 aliphatic heterocycles. The topological polar surface area (TPSA) is 54.4 Å². The highest BCUT2D eigenvalue weighted by Gasteiger charge is 2.50. The lowest BCUT2D eigenvalue weighted by Crippen LogP contribution is -2.46. The smallest absolute Gasteiger partial charge is 0.317 e. The standard InChI is InChI=1S/C12H18O3/c13-10-9-5-2-1-3-7-12(10,11(14)15)8-4-6-9/h9H,1-8H2,(H,14,15). The van der Waals surface area contributed by atoms with Crippen molar-refractivity contribution in [3.8, 4) is 0 Å². The van der Waals surface area contributed by atoms with E-state index in [1.165, 1.54) is 0 Å². The van der Waals surface area contributed by atoms with E-state index in [9.17, 15) is 14.7 Å². The van der Waals surface area contributed by atoms with Crippen LogP contribution in [0.25, 0.3) is 0 Å². The van der Waals surface area contributed by atoms with E-state index in [-0.39, 0.29) is 11.7 Å². The summed E-state index contributed by atoms with van der Waals surface area (Å²) >= 11 is 0. The fraction of sp³-hybridized carbons (Fsp3) is 0.833. The molecule has 2 saturated carbocycles. The number of hydrogen-bond acceptors (Lipinski definition) is 2. The van der Waals surface area contributed by atoms with Gasteiger partial charge in [-0.05, 0) is 25.7 Å². The first kappa shape index (κ1) is 10.7. The maximum atomic E-state index is 12.2. The first-order valence-corrected chi connectivity index (χ1v) is 5.94. The van der Waals surface area contributed by atoms with E-state index in [0.29, 0.717) is 12.8 Å². The molecule has 2 unspecified atom stereocenters. The van der Waals surface area contributed by atoms with Gasteiger partial charge in [-0.3, -0.25) is 9.59 Å². The van der Waals surface area contributed by atoms with Gasteiger partial charge in [0.05, 0.1) is 0 Å². The summed E-state index contributed by atoms with van der Waals surface area (Å²) in [6.45, 7) is 0. The van der Waals surface area contributed by atoms with Crippen LogP contribution in [0.5, 0.6) is 0 Å². The van der Waals surface area contributed by atoms with Gasteiger partial charge >= 0.3 is 5.97 Å². The number of carboxylic acid groups (broad SMARTS) is 1. The molecule has 2 rings (SSSR count). The minimum atomic E-state index is -1.01. The molecule has 0 amide bonds. The first-order chi connectivity index (χ1) is 7.17. The predicted octanol–water partition coefficient (Wildman–Crippen LogP) is 2.39. The number of carboxylic acids is 1. The van der Waals surface area contributed by atoms with Gasteiger partial charge in [0.25, 0.3) is 0 Å². The Bertz CT molecular complexity index is 285. The summed E-state index contributed by atoms with van der Waals surface area (Å²) in [6.07, 6.45) is 6.93. The van der Waals surface area contributed by atoms with E-state index in [0.717, 1.165) is 38.5 Å². The van der Waals surface area contributed by atoms with Gasteiger partial charge in [-0.2, -0.15) is 0 Å². The zero-order valence-corrected chi connectivity index (χ0v) is 9.00. The number of rotatable bonds is 1. The highest BCUT2D eigenvalue weighted by Crippen LogP contribution is 2.43. The van der Waals surface area contributed by atoms with Gasteiger partial charge in [-0.1, -0.05) is 25.7 Å². The minimum absolute atomic E-state index is 0.0287. The van der Waals surface area contributed by atoms with E-state index in [1.54, 1.807) is 0 Å². The summed E-state index contributed by atoms with van der Waals surface area (Å²) in [6, 6.07) is 0. The number of carbonyl (C=O) groups is 2. The molecule has 0 aromatic carbocycles. The molecule has 0 spiro atoms. The zero-order valence-electron chi connectivity index (χ0n) is 9.00. The second-order valence-electron chi connectivity index (χ2n) is 4.94. The van der Waals surface area contributed by atoms with Crippen molar-refractivity contribution in [2.45, 2.75) is 51.4 Å². The van der Waals surface area contributed by atoms with Crippen LogP contribution in [0.4, 0.5) is 0 Å². The lowest BCUT2D eigenvalue weighted by atomic mass is 9.63. The maximum absolute atomic E-state index is 12.2. The summed E-state index contributed by atoms with van der Waals surface area (Å²) in [5.74, 6) is -0.810. The van der Waals surface area contributed by atoms with Crippen molar-refractivity contribution in [2.75, 3.05) is 0 Å². The molecule has 0 heterocycles. The molecule has 2 bridgehead atoms. The van der Waals surface area contributed by atoms with E-state index in [4.69, 9.17) is 0 Å². The molecule has 3 heteroatoms. The number of fused-ring (bicyclic) bond motifs is 2. The fourth-order valence-electron chi connectivity index (χ4n) is 3.13. The van der Waals surface area contributed by atoms with Crippen LogP contribution in [0, 0.1) is 11.3 Å². The minimum Gasteiger partial charge on any atom is -0.480 e. The number of hydrogen-bond donors (Lipinski definition) is 1. The van der Waals surface area contributed by atoms with Crippen LogP contribution in [-0.2, 0) is 9.59 Å². The van der Waals surface area contributed by atoms with E-state index >= 15 is 0 Å². The Labute approximate surface area is 89.9 Å². The quantitative estimate of drug-likeness (QED) is 0.676. The van der Waals surface area contributed by atoms with Crippen molar-refractivity contribution in [1.82, 2.24) is 0 Å². The molecule has 0 aromatic heterocycles. The lowest BCUT2D eigenvalue weighted by Gasteiger charge is -2.37. The predicted molar refractivity (Wildman–Crippen MR) is 55.5 cm³/mol.